The van der Waals surface area contributed by atoms with Crippen molar-refractivity contribution in [2.24, 2.45) is 0 Å². The van der Waals surface area contributed by atoms with Crippen molar-refractivity contribution in [3.05, 3.63) is 95.6 Å². The van der Waals surface area contributed by atoms with E-state index in [4.69, 9.17) is 9.47 Å². The highest BCUT2D eigenvalue weighted by Gasteiger charge is 2.07. The van der Waals surface area contributed by atoms with E-state index in [0.717, 1.165) is 28.2 Å². The third-order valence-electron chi connectivity index (χ3n) is 4.34. The van der Waals surface area contributed by atoms with Crippen molar-refractivity contribution < 1.29 is 14.6 Å². The number of ether oxygens (including phenoxy) is 2. The SMILES string of the molecule is COc1ccc(CNCC(O)c2ccc(OCc3ccccc3)cc2)cc1. The van der Waals surface area contributed by atoms with Crippen molar-refractivity contribution in [1.29, 1.82) is 0 Å². The molecule has 0 fully saturated rings. The fourth-order valence-electron chi connectivity index (χ4n) is 2.74. The fraction of sp³-hybridized carbons (Fsp3) is 0.217. The maximum atomic E-state index is 10.4. The molecule has 0 aliphatic carbocycles. The summed E-state index contributed by atoms with van der Waals surface area (Å²) in [4.78, 5) is 0. The minimum absolute atomic E-state index is 0.482. The molecule has 3 aromatic carbocycles. The van der Waals surface area contributed by atoms with E-state index in [-0.39, 0.29) is 0 Å². The minimum atomic E-state index is -0.563. The third-order valence-corrected chi connectivity index (χ3v) is 4.34. The largest absolute Gasteiger partial charge is 0.497 e. The van der Waals surface area contributed by atoms with Gasteiger partial charge in [0.2, 0.25) is 0 Å². The Morgan fingerprint density at radius 3 is 2.15 bits per heavy atom. The molecule has 27 heavy (non-hydrogen) atoms. The average Bonchev–Trinajstić information content (AvgIpc) is 2.74. The topological polar surface area (TPSA) is 50.7 Å². The first-order valence-corrected chi connectivity index (χ1v) is 9.03. The molecule has 0 amide bonds. The second kappa shape index (κ2) is 9.76. The van der Waals surface area contributed by atoms with Crippen molar-refractivity contribution in [2.75, 3.05) is 13.7 Å². The van der Waals surface area contributed by atoms with Gasteiger partial charge in [-0.2, -0.15) is 0 Å². The first-order valence-electron chi connectivity index (χ1n) is 9.03. The van der Waals surface area contributed by atoms with Crippen LogP contribution >= 0.6 is 0 Å². The lowest BCUT2D eigenvalue weighted by Gasteiger charge is -2.13. The van der Waals surface area contributed by atoms with Gasteiger partial charge >= 0.3 is 0 Å². The van der Waals surface area contributed by atoms with Crippen LogP contribution < -0.4 is 14.8 Å². The Balaban J connectivity index is 1.44. The van der Waals surface area contributed by atoms with Gasteiger partial charge in [-0.3, -0.25) is 0 Å². The summed E-state index contributed by atoms with van der Waals surface area (Å²) in [7, 11) is 1.65. The Morgan fingerprint density at radius 1 is 0.815 bits per heavy atom. The van der Waals surface area contributed by atoms with Crippen LogP contribution in [0, 0.1) is 0 Å². The van der Waals surface area contributed by atoms with E-state index in [9.17, 15) is 5.11 Å². The Kier molecular flexibility index (Phi) is 6.85. The molecular formula is C23H25NO3. The van der Waals surface area contributed by atoms with E-state index in [2.05, 4.69) is 5.32 Å². The molecule has 4 nitrogen and oxygen atoms in total. The first-order chi connectivity index (χ1) is 13.2. The molecular weight excluding hydrogens is 338 g/mol. The first kappa shape index (κ1) is 19.0. The maximum absolute atomic E-state index is 10.4. The quantitative estimate of drug-likeness (QED) is 0.601. The van der Waals surface area contributed by atoms with Crippen LogP contribution in [-0.4, -0.2) is 18.8 Å². The van der Waals surface area contributed by atoms with Crippen molar-refractivity contribution in [1.82, 2.24) is 5.32 Å². The van der Waals surface area contributed by atoms with Gasteiger partial charge in [-0.15, -0.1) is 0 Å². The zero-order chi connectivity index (χ0) is 18.9. The maximum Gasteiger partial charge on any atom is 0.119 e. The average molecular weight is 363 g/mol. The van der Waals surface area contributed by atoms with Gasteiger partial charge in [-0.1, -0.05) is 54.6 Å². The van der Waals surface area contributed by atoms with E-state index >= 15 is 0 Å². The van der Waals surface area contributed by atoms with Crippen LogP contribution in [-0.2, 0) is 13.2 Å². The number of hydrogen-bond donors (Lipinski definition) is 2. The van der Waals surface area contributed by atoms with E-state index in [1.807, 2.05) is 78.9 Å². The highest BCUT2D eigenvalue weighted by Crippen LogP contribution is 2.19. The van der Waals surface area contributed by atoms with Crippen LogP contribution in [0.4, 0.5) is 0 Å². The summed E-state index contributed by atoms with van der Waals surface area (Å²) in [6, 6.07) is 25.5. The van der Waals surface area contributed by atoms with Crippen LogP contribution in [0.25, 0.3) is 0 Å². The van der Waals surface area contributed by atoms with Crippen LogP contribution in [0.1, 0.15) is 22.8 Å². The van der Waals surface area contributed by atoms with Gasteiger partial charge in [0, 0.05) is 13.1 Å². The third kappa shape index (κ3) is 5.84. The molecule has 2 N–H and O–H groups in total. The monoisotopic (exact) mass is 363 g/mol. The number of aliphatic hydroxyl groups excluding tert-OH is 1. The zero-order valence-corrected chi connectivity index (χ0v) is 15.5. The van der Waals surface area contributed by atoms with E-state index < -0.39 is 6.10 Å². The van der Waals surface area contributed by atoms with Gasteiger partial charge in [-0.05, 0) is 41.0 Å². The predicted octanol–water partition coefficient (Wildman–Crippen LogP) is 4.10. The zero-order valence-electron chi connectivity index (χ0n) is 15.5. The summed E-state index contributed by atoms with van der Waals surface area (Å²) in [6.45, 7) is 1.71. The van der Waals surface area contributed by atoms with Crippen LogP contribution in [0.2, 0.25) is 0 Å². The molecule has 0 radical (unpaired) electrons. The standard InChI is InChI=1S/C23H25NO3/c1-26-21-11-7-18(8-12-21)15-24-16-23(25)20-9-13-22(14-10-20)27-17-19-5-3-2-4-6-19/h2-14,23-25H,15-17H2,1H3. The summed E-state index contributed by atoms with van der Waals surface area (Å²) < 4.78 is 10.9. The number of methoxy groups -OCH3 is 1. The van der Waals surface area contributed by atoms with Crippen molar-refractivity contribution >= 4 is 0 Å². The molecule has 1 unspecified atom stereocenters. The highest BCUT2D eigenvalue weighted by atomic mass is 16.5. The van der Waals surface area contributed by atoms with Crippen molar-refractivity contribution in [3.63, 3.8) is 0 Å². The molecule has 1 atom stereocenters. The molecule has 4 heteroatoms. The van der Waals surface area contributed by atoms with Gasteiger partial charge in [0.15, 0.2) is 0 Å². The normalized spacial score (nSPS) is 11.8. The fourth-order valence-corrected chi connectivity index (χ4v) is 2.74. The van der Waals surface area contributed by atoms with Crippen LogP contribution in [0.3, 0.4) is 0 Å². The van der Waals surface area contributed by atoms with Gasteiger partial charge in [0.05, 0.1) is 13.2 Å². The molecule has 0 aliphatic heterocycles. The Hall–Kier alpha value is -2.82. The summed E-state index contributed by atoms with van der Waals surface area (Å²) >= 11 is 0. The summed E-state index contributed by atoms with van der Waals surface area (Å²) in [5.41, 5.74) is 3.14. The van der Waals surface area contributed by atoms with Crippen molar-refractivity contribution in [2.45, 2.75) is 19.3 Å². The Bertz CT molecular complexity index is 801. The minimum Gasteiger partial charge on any atom is -0.497 e. The van der Waals surface area contributed by atoms with Gasteiger partial charge in [0.25, 0.3) is 0 Å². The summed E-state index contributed by atoms with van der Waals surface area (Å²) in [5, 5.41) is 13.6. The lowest BCUT2D eigenvalue weighted by molar-refractivity contribution is 0.174. The molecule has 0 spiro atoms. The van der Waals surface area contributed by atoms with E-state index in [0.29, 0.717) is 19.7 Å². The lowest BCUT2D eigenvalue weighted by atomic mass is 10.1. The predicted molar refractivity (Wildman–Crippen MR) is 107 cm³/mol. The number of nitrogens with one attached hydrogen (secondary N) is 1. The molecule has 0 saturated carbocycles. The van der Waals surface area contributed by atoms with Gasteiger partial charge in [-0.25, -0.2) is 0 Å². The lowest BCUT2D eigenvalue weighted by Crippen LogP contribution is -2.21. The van der Waals surface area contributed by atoms with Crippen LogP contribution in [0.15, 0.2) is 78.9 Å². The smallest absolute Gasteiger partial charge is 0.119 e. The molecule has 3 aromatic rings. The second-order valence-corrected chi connectivity index (χ2v) is 6.34. The van der Waals surface area contributed by atoms with E-state index in [1.54, 1.807) is 7.11 Å². The molecule has 3 rings (SSSR count). The second-order valence-electron chi connectivity index (χ2n) is 6.34. The summed E-state index contributed by atoms with van der Waals surface area (Å²) in [5.74, 6) is 1.63. The molecule has 0 aromatic heterocycles. The van der Waals surface area contributed by atoms with Crippen molar-refractivity contribution in [3.8, 4) is 11.5 Å². The molecule has 0 saturated heterocycles. The number of hydrogen-bond acceptors (Lipinski definition) is 4. The molecule has 0 bridgehead atoms. The number of benzene rings is 3. The molecule has 140 valence electrons. The number of aliphatic hydroxyl groups is 1. The van der Waals surface area contributed by atoms with Gasteiger partial charge < -0.3 is 19.9 Å². The van der Waals surface area contributed by atoms with Gasteiger partial charge in [0.1, 0.15) is 18.1 Å². The highest BCUT2D eigenvalue weighted by molar-refractivity contribution is 5.29. The molecule has 0 aliphatic rings. The summed E-state index contributed by atoms with van der Waals surface area (Å²) in [6.07, 6.45) is -0.563. The Morgan fingerprint density at radius 2 is 1.48 bits per heavy atom. The Labute approximate surface area is 160 Å². The van der Waals surface area contributed by atoms with E-state index in [1.165, 1.54) is 0 Å². The number of rotatable bonds is 9. The van der Waals surface area contributed by atoms with Crippen LogP contribution in [0.5, 0.6) is 11.5 Å². The molecule has 0 heterocycles.